The van der Waals surface area contributed by atoms with Crippen LogP contribution in [0.1, 0.15) is 23.6 Å². The van der Waals surface area contributed by atoms with Gasteiger partial charge >= 0.3 is 0 Å². The molecule has 1 heterocycles. The van der Waals surface area contributed by atoms with E-state index in [4.69, 9.17) is 9.47 Å². The van der Waals surface area contributed by atoms with E-state index in [9.17, 15) is 0 Å². The van der Waals surface area contributed by atoms with E-state index in [0.29, 0.717) is 0 Å². The van der Waals surface area contributed by atoms with Gasteiger partial charge in [-0.1, -0.05) is 0 Å². The molecule has 0 atom stereocenters. The van der Waals surface area contributed by atoms with E-state index in [1.807, 2.05) is 0 Å². The maximum absolute atomic E-state index is 5.46. The molecule has 0 unspecified atom stereocenters. The van der Waals surface area contributed by atoms with Crippen LogP contribution < -0.4 is 9.47 Å². The highest BCUT2D eigenvalue weighted by atomic mass is 16.5. The lowest BCUT2D eigenvalue weighted by Crippen LogP contribution is -2.26. The number of ether oxygens (including phenoxy) is 2. The number of fused-ring (bicyclic) bond motifs is 1. The Morgan fingerprint density at radius 2 is 1.88 bits per heavy atom. The summed E-state index contributed by atoms with van der Waals surface area (Å²) in [4.78, 5) is 0. The molecular formula is C14H20NO2+. The lowest BCUT2D eigenvalue weighted by Gasteiger charge is -2.20. The summed E-state index contributed by atoms with van der Waals surface area (Å²) < 4.78 is 13.2. The lowest BCUT2D eigenvalue weighted by molar-refractivity contribution is -0.498. The number of nitrogens with zero attached hydrogens (tertiary/aromatic N) is 1. The van der Waals surface area contributed by atoms with Crippen molar-refractivity contribution >= 4 is 5.71 Å². The minimum atomic E-state index is 0.834. The SMILES string of the molecule is COc1cc2c(c(C)c1OC)C(C)=[N+](C)CC2. The Morgan fingerprint density at radius 1 is 1.18 bits per heavy atom. The van der Waals surface area contributed by atoms with Gasteiger partial charge in [0.1, 0.15) is 13.6 Å². The van der Waals surface area contributed by atoms with Crippen molar-refractivity contribution in [3.63, 3.8) is 0 Å². The summed E-state index contributed by atoms with van der Waals surface area (Å²) in [6, 6.07) is 2.11. The summed E-state index contributed by atoms with van der Waals surface area (Å²) in [6.07, 6.45) is 1.06. The fourth-order valence-electron chi connectivity index (χ4n) is 2.59. The zero-order valence-electron chi connectivity index (χ0n) is 11.3. The highest BCUT2D eigenvalue weighted by Crippen LogP contribution is 2.36. The van der Waals surface area contributed by atoms with Crippen molar-refractivity contribution in [2.24, 2.45) is 0 Å². The number of likely N-dealkylation sites (N-methyl/N-ethyl adjacent to an activating group) is 1. The van der Waals surface area contributed by atoms with Crippen molar-refractivity contribution in [3.05, 3.63) is 22.8 Å². The smallest absolute Gasteiger partial charge is 0.180 e. The molecular weight excluding hydrogens is 214 g/mol. The zero-order chi connectivity index (χ0) is 12.6. The summed E-state index contributed by atoms with van der Waals surface area (Å²) in [5, 5.41) is 0. The van der Waals surface area contributed by atoms with Gasteiger partial charge in [-0.15, -0.1) is 0 Å². The number of hydrogen-bond donors (Lipinski definition) is 0. The molecule has 0 amide bonds. The van der Waals surface area contributed by atoms with E-state index < -0.39 is 0 Å². The summed E-state index contributed by atoms with van der Waals surface area (Å²) in [6.45, 7) is 5.33. The molecule has 3 heteroatoms. The largest absolute Gasteiger partial charge is 0.493 e. The maximum atomic E-state index is 5.46. The third-order valence-corrected chi connectivity index (χ3v) is 3.64. The Labute approximate surface area is 103 Å². The molecule has 0 bridgehead atoms. The van der Waals surface area contributed by atoms with E-state index in [1.54, 1.807) is 14.2 Å². The molecule has 0 N–H and O–H groups in total. The third-order valence-electron chi connectivity index (χ3n) is 3.64. The first-order valence-electron chi connectivity index (χ1n) is 5.89. The second-order valence-electron chi connectivity index (χ2n) is 4.53. The molecule has 0 saturated carbocycles. The first-order chi connectivity index (χ1) is 8.10. The molecule has 0 saturated heterocycles. The Morgan fingerprint density at radius 3 is 2.47 bits per heavy atom. The Bertz CT molecular complexity index is 489. The highest BCUT2D eigenvalue weighted by Gasteiger charge is 2.25. The molecule has 1 aliphatic heterocycles. The van der Waals surface area contributed by atoms with Gasteiger partial charge in [-0.2, -0.15) is 0 Å². The van der Waals surface area contributed by atoms with Crippen molar-refractivity contribution < 1.29 is 14.0 Å². The standard InChI is InChI=1S/C14H20NO2/c1-9-13-10(2)15(3)7-6-11(13)8-12(16-4)14(9)17-5/h8H,6-7H2,1-5H3/q+1. The molecule has 0 aromatic heterocycles. The van der Waals surface area contributed by atoms with Crippen LogP contribution in [0.15, 0.2) is 6.07 Å². The fraction of sp³-hybridized carbons (Fsp3) is 0.500. The average molecular weight is 234 g/mol. The van der Waals surface area contributed by atoms with E-state index >= 15 is 0 Å². The Hall–Kier alpha value is -1.51. The van der Waals surface area contributed by atoms with Crippen LogP contribution in [0.5, 0.6) is 11.5 Å². The van der Waals surface area contributed by atoms with Crippen molar-refractivity contribution in [1.29, 1.82) is 0 Å². The van der Waals surface area contributed by atoms with Crippen molar-refractivity contribution in [2.75, 3.05) is 27.8 Å². The molecule has 17 heavy (non-hydrogen) atoms. The minimum absolute atomic E-state index is 0.834. The van der Waals surface area contributed by atoms with Gasteiger partial charge in [0.2, 0.25) is 0 Å². The zero-order valence-corrected chi connectivity index (χ0v) is 11.3. The van der Waals surface area contributed by atoms with E-state index in [-0.39, 0.29) is 0 Å². The van der Waals surface area contributed by atoms with Crippen LogP contribution in [-0.4, -0.2) is 38.1 Å². The number of hydrogen-bond acceptors (Lipinski definition) is 2. The maximum Gasteiger partial charge on any atom is 0.180 e. The van der Waals surface area contributed by atoms with Gasteiger partial charge < -0.3 is 9.47 Å². The van der Waals surface area contributed by atoms with Gasteiger partial charge in [-0.05, 0) is 18.6 Å². The molecule has 3 nitrogen and oxygen atoms in total. The van der Waals surface area contributed by atoms with Crippen LogP contribution in [0, 0.1) is 6.92 Å². The lowest BCUT2D eigenvalue weighted by atomic mass is 9.92. The van der Waals surface area contributed by atoms with Gasteiger partial charge in [0.25, 0.3) is 0 Å². The average Bonchev–Trinajstić information content (AvgIpc) is 2.33. The fourth-order valence-corrected chi connectivity index (χ4v) is 2.59. The predicted molar refractivity (Wildman–Crippen MR) is 68.8 cm³/mol. The first kappa shape index (κ1) is 12.0. The molecule has 1 aromatic rings. The van der Waals surface area contributed by atoms with Gasteiger partial charge in [-0.3, -0.25) is 0 Å². The summed E-state index contributed by atoms with van der Waals surface area (Å²) in [7, 11) is 5.52. The summed E-state index contributed by atoms with van der Waals surface area (Å²) >= 11 is 0. The Kier molecular flexibility index (Phi) is 3.09. The molecule has 92 valence electrons. The van der Waals surface area contributed by atoms with Gasteiger partial charge in [0.15, 0.2) is 17.2 Å². The third kappa shape index (κ3) is 1.79. The monoisotopic (exact) mass is 234 g/mol. The van der Waals surface area contributed by atoms with Crippen molar-refractivity contribution in [3.8, 4) is 11.5 Å². The quantitative estimate of drug-likeness (QED) is 0.730. The minimum Gasteiger partial charge on any atom is -0.493 e. The summed E-state index contributed by atoms with van der Waals surface area (Å²) in [5.41, 5.74) is 5.16. The van der Waals surface area contributed by atoms with E-state index in [0.717, 1.165) is 24.5 Å². The molecule has 1 aromatic carbocycles. The van der Waals surface area contributed by atoms with Crippen molar-refractivity contribution in [2.45, 2.75) is 20.3 Å². The normalized spacial score (nSPS) is 14.6. The number of benzene rings is 1. The highest BCUT2D eigenvalue weighted by molar-refractivity contribution is 5.99. The van der Waals surface area contributed by atoms with Gasteiger partial charge in [0.05, 0.1) is 19.8 Å². The second kappa shape index (κ2) is 4.40. The molecule has 0 aliphatic carbocycles. The molecule has 2 rings (SSSR count). The summed E-state index contributed by atoms with van der Waals surface area (Å²) in [5.74, 6) is 1.68. The molecule has 1 aliphatic rings. The topological polar surface area (TPSA) is 21.5 Å². The van der Waals surface area contributed by atoms with Crippen LogP contribution in [-0.2, 0) is 6.42 Å². The predicted octanol–water partition coefficient (Wildman–Crippen LogP) is 2.02. The number of methoxy groups -OCH3 is 2. The van der Waals surface area contributed by atoms with Crippen LogP contribution in [0.4, 0.5) is 0 Å². The van der Waals surface area contributed by atoms with Crippen LogP contribution in [0.2, 0.25) is 0 Å². The number of rotatable bonds is 2. The van der Waals surface area contributed by atoms with Crippen LogP contribution in [0.3, 0.4) is 0 Å². The van der Waals surface area contributed by atoms with Crippen molar-refractivity contribution in [1.82, 2.24) is 0 Å². The van der Waals surface area contributed by atoms with Gasteiger partial charge in [0, 0.05) is 18.9 Å². The van der Waals surface area contributed by atoms with Crippen LogP contribution in [0.25, 0.3) is 0 Å². The van der Waals surface area contributed by atoms with E-state index in [1.165, 1.54) is 22.4 Å². The first-order valence-corrected chi connectivity index (χ1v) is 5.89. The van der Waals surface area contributed by atoms with Gasteiger partial charge in [-0.25, -0.2) is 4.58 Å². The molecule has 0 spiro atoms. The Balaban J connectivity index is 2.71. The van der Waals surface area contributed by atoms with E-state index in [2.05, 4.69) is 31.5 Å². The second-order valence-corrected chi connectivity index (χ2v) is 4.53. The molecule has 0 fully saturated rings. The van der Waals surface area contributed by atoms with Crippen LogP contribution >= 0.6 is 0 Å². The molecule has 0 radical (unpaired) electrons.